The van der Waals surface area contributed by atoms with Crippen LogP contribution in [0.15, 0.2) is 30.3 Å². The van der Waals surface area contributed by atoms with Crippen LogP contribution in [0.5, 0.6) is 0 Å². The molecule has 0 spiro atoms. The van der Waals surface area contributed by atoms with Crippen molar-refractivity contribution in [3.63, 3.8) is 0 Å². The Kier molecular flexibility index (Phi) is 3.43. The van der Waals surface area contributed by atoms with Gasteiger partial charge < -0.3 is 5.32 Å². The average Bonchev–Trinajstić information content (AvgIpc) is 3.17. The highest BCUT2D eigenvalue weighted by atomic mass is 16.2. The van der Waals surface area contributed by atoms with Crippen molar-refractivity contribution >= 4 is 5.91 Å². The van der Waals surface area contributed by atoms with Crippen LogP contribution in [0.25, 0.3) is 0 Å². The highest BCUT2D eigenvalue weighted by molar-refractivity contribution is 5.82. The number of amides is 1. The highest BCUT2D eigenvalue weighted by Gasteiger charge is 2.43. The van der Waals surface area contributed by atoms with Crippen LogP contribution < -0.4 is 5.32 Å². The standard InChI is InChI=1S/C14H16N2O/c1-10(8-15)9-16-14(17)13-7-12(13)11-5-3-2-4-6-11/h2-6,10,12-13H,7,9H2,1H3,(H,16,17). The highest BCUT2D eigenvalue weighted by Crippen LogP contribution is 2.47. The molecule has 88 valence electrons. The SMILES string of the molecule is CC(C#N)CNC(=O)C1CC1c1ccccc1. The number of benzene rings is 1. The summed E-state index contributed by atoms with van der Waals surface area (Å²) in [6.07, 6.45) is 0.927. The van der Waals surface area contributed by atoms with E-state index in [1.165, 1.54) is 5.56 Å². The fourth-order valence-electron chi connectivity index (χ4n) is 1.98. The Labute approximate surface area is 101 Å². The monoisotopic (exact) mass is 228 g/mol. The van der Waals surface area contributed by atoms with Crippen molar-refractivity contribution in [2.24, 2.45) is 11.8 Å². The summed E-state index contributed by atoms with van der Waals surface area (Å²) in [4.78, 5) is 11.8. The van der Waals surface area contributed by atoms with Crippen LogP contribution in [0.3, 0.4) is 0 Å². The molecule has 0 aromatic heterocycles. The zero-order valence-corrected chi connectivity index (χ0v) is 9.89. The van der Waals surface area contributed by atoms with Gasteiger partial charge in [-0.2, -0.15) is 5.26 Å². The van der Waals surface area contributed by atoms with Crippen LogP contribution in [0.2, 0.25) is 0 Å². The summed E-state index contributed by atoms with van der Waals surface area (Å²) in [6, 6.07) is 12.2. The van der Waals surface area contributed by atoms with Gasteiger partial charge in [-0.25, -0.2) is 0 Å². The summed E-state index contributed by atoms with van der Waals surface area (Å²) in [7, 11) is 0. The van der Waals surface area contributed by atoms with Crippen LogP contribution in [-0.4, -0.2) is 12.5 Å². The Balaban J connectivity index is 1.83. The number of nitrogens with one attached hydrogen (secondary N) is 1. The molecule has 3 atom stereocenters. The Morgan fingerprint density at radius 2 is 2.24 bits per heavy atom. The molecular formula is C14H16N2O. The largest absolute Gasteiger partial charge is 0.355 e. The minimum absolute atomic E-state index is 0.0842. The van der Waals surface area contributed by atoms with Gasteiger partial charge >= 0.3 is 0 Å². The molecule has 0 bridgehead atoms. The van der Waals surface area contributed by atoms with E-state index in [0.29, 0.717) is 12.5 Å². The van der Waals surface area contributed by atoms with E-state index in [2.05, 4.69) is 23.5 Å². The molecule has 0 saturated heterocycles. The Morgan fingerprint density at radius 1 is 1.53 bits per heavy atom. The van der Waals surface area contributed by atoms with Crippen LogP contribution in [0.1, 0.15) is 24.8 Å². The van der Waals surface area contributed by atoms with Gasteiger partial charge in [0, 0.05) is 12.5 Å². The lowest BCUT2D eigenvalue weighted by molar-refractivity contribution is -0.122. The van der Waals surface area contributed by atoms with Gasteiger partial charge in [0.15, 0.2) is 0 Å². The molecule has 1 aromatic rings. The lowest BCUT2D eigenvalue weighted by Gasteiger charge is -2.05. The second-order valence-corrected chi connectivity index (χ2v) is 4.63. The molecule has 3 nitrogen and oxygen atoms in total. The third kappa shape index (κ3) is 2.85. The molecule has 17 heavy (non-hydrogen) atoms. The minimum atomic E-state index is -0.118. The molecule has 0 aliphatic heterocycles. The normalized spacial score (nSPS) is 23.5. The maximum absolute atomic E-state index is 11.8. The van der Waals surface area contributed by atoms with Crippen molar-refractivity contribution in [2.75, 3.05) is 6.54 Å². The zero-order chi connectivity index (χ0) is 12.3. The van der Waals surface area contributed by atoms with E-state index in [-0.39, 0.29) is 17.7 Å². The summed E-state index contributed by atoms with van der Waals surface area (Å²) in [5, 5.41) is 11.5. The van der Waals surface area contributed by atoms with Crippen LogP contribution in [0.4, 0.5) is 0 Å². The fraction of sp³-hybridized carbons (Fsp3) is 0.429. The number of rotatable bonds is 4. The van der Waals surface area contributed by atoms with Gasteiger partial charge in [-0.15, -0.1) is 0 Å². The minimum Gasteiger partial charge on any atom is -0.355 e. The number of hydrogen-bond acceptors (Lipinski definition) is 2. The Morgan fingerprint density at radius 3 is 2.88 bits per heavy atom. The lowest BCUT2D eigenvalue weighted by Crippen LogP contribution is -2.29. The Hall–Kier alpha value is -1.82. The quantitative estimate of drug-likeness (QED) is 0.857. The van der Waals surface area contributed by atoms with Crippen molar-refractivity contribution in [1.29, 1.82) is 5.26 Å². The second kappa shape index (κ2) is 5.01. The summed E-state index contributed by atoms with van der Waals surface area (Å²) in [5.41, 5.74) is 1.24. The van der Waals surface area contributed by atoms with Gasteiger partial charge in [0.25, 0.3) is 0 Å². The van der Waals surface area contributed by atoms with Crippen molar-refractivity contribution in [3.8, 4) is 6.07 Å². The summed E-state index contributed by atoms with van der Waals surface area (Å²) >= 11 is 0. The molecule has 1 aliphatic carbocycles. The van der Waals surface area contributed by atoms with Gasteiger partial charge in [-0.3, -0.25) is 4.79 Å². The molecule has 1 aliphatic rings. The molecule has 1 saturated carbocycles. The van der Waals surface area contributed by atoms with Crippen molar-refractivity contribution in [1.82, 2.24) is 5.32 Å². The predicted molar refractivity (Wildman–Crippen MR) is 65.1 cm³/mol. The molecule has 1 amide bonds. The predicted octanol–water partition coefficient (Wildman–Crippen LogP) is 2.07. The maximum Gasteiger partial charge on any atom is 0.223 e. The molecule has 1 aromatic carbocycles. The average molecular weight is 228 g/mol. The van der Waals surface area contributed by atoms with Crippen molar-refractivity contribution < 1.29 is 4.79 Å². The molecule has 2 rings (SSSR count). The number of nitrogens with zero attached hydrogens (tertiary/aromatic N) is 1. The Bertz CT molecular complexity index is 435. The van der Waals surface area contributed by atoms with E-state index >= 15 is 0 Å². The van der Waals surface area contributed by atoms with E-state index in [9.17, 15) is 4.79 Å². The van der Waals surface area contributed by atoms with E-state index in [1.54, 1.807) is 0 Å². The zero-order valence-electron chi connectivity index (χ0n) is 9.89. The third-order valence-corrected chi connectivity index (χ3v) is 3.16. The first-order valence-electron chi connectivity index (χ1n) is 5.94. The first-order valence-corrected chi connectivity index (χ1v) is 5.94. The molecule has 3 heteroatoms. The van der Waals surface area contributed by atoms with Crippen molar-refractivity contribution in [2.45, 2.75) is 19.3 Å². The number of hydrogen-bond donors (Lipinski definition) is 1. The lowest BCUT2D eigenvalue weighted by atomic mass is 10.1. The second-order valence-electron chi connectivity index (χ2n) is 4.63. The third-order valence-electron chi connectivity index (χ3n) is 3.16. The van der Waals surface area contributed by atoms with Gasteiger partial charge in [0.1, 0.15) is 0 Å². The molecule has 1 fully saturated rings. The molecular weight excluding hydrogens is 212 g/mol. The van der Waals surface area contributed by atoms with Crippen LogP contribution >= 0.6 is 0 Å². The van der Waals surface area contributed by atoms with Gasteiger partial charge in [-0.1, -0.05) is 30.3 Å². The topological polar surface area (TPSA) is 52.9 Å². The number of carbonyl (C=O) groups excluding carboxylic acids is 1. The van der Waals surface area contributed by atoms with Crippen LogP contribution in [0, 0.1) is 23.2 Å². The molecule has 0 heterocycles. The van der Waals surface area contributed by atoms with E-state index in [4.69, 9.17) is 5.26 Å². The van der Waals surface area contributed by atoms with E-state index in [1.807, 2.05) is 25.1 Å². The first kappa shape index (κ1) is 11.7. The van der Waals surface area contributed by atoms with Crippen LogP contribution in [-0.2, 0) is 4.79 Å². The van der Waals surface area contributed by atoms with E-state index in [0.717, 1.165) is 6.42 Å². The van der Waals surface area contributed by atoms with Gasteiger partial charge in [-0.05, 0) is 24.8 Å². The van der Waals surface area contributed by atoms with E-state index < -0.39 is 0 Å². The number of carbonyl (C=O) groups is 1. The summed E-state index contributed by atoms with van der Waals surface area (Å²) in [5.74, 6) is 0.436. The maximum atomic E-state index is 11.8. The number of nitriles is 1. The smallest absolute Gasteiger partial charge is 0.223 e. The molecule has 3 unspecified atom stereocenters. The van der Waals surface area contributed by atoms with Gasteiger partial charge in [0.2, 0.25) is 5.91 Å². The molecule has 1 N–H and O–H groups in total. The fourth-order valence-corrected chi connectivity index (χ4v) is 1.98. The van der Waals surface area contributed by atoms with Crippen molar-refractivity contribution in [3.05, 3.63) is 35.9 Å². The molecule has 0 radical (unpaired) electrons. The van der Waals surface area contributed by atoms with Gasteiger partial charge in [0.05, 0.1) is 12.0 Å². The first-order chi connectivity index (χ1) is 8.22. The summed E-state index contributed by atoms with van der Waals surface area (Å²) in [6.45, 7) is 2.26. The summed E-state index contributed by atoms with van der Waals surface area (Å²) < 4.78 is 0.